The topological polar surface area (TPSA) is 76.1 Å². The van der Waals surface area contributed by atoms with Gasteiger partial charge in [0.05, 0.1) is 22.9 Å². The molecule has 0 bridgehead atoms. The Morgan fingerprint density at radius 1 is 1.21 bits per heavy atom. The van der Waals surface area contributed by atoms with Crippen molar-refractivity contribution in [3.05, 3.63) is 40.9 Å². The van der Waals surface area contributed by atoms with Crippen LogP contribution in [0.4, 0.5) is 35.3 Å². The fourth-order valence-electron chi connectivity index (χ4n) is 1.67. The van der Waals surface area contributed by atoms with Gasteiger partial charge in [-0.15, -0.1) is 10.2 Å². The van der Waals surface area contributed by atoms with Crippen LogP contribution in [-0.2, 0) is 10.9 Å². The number of halogens is 4. The van der Waals surface area contributed by atoms with Gasteiger partial charge in [0, 0.05) is 0 Å². The summed E-state index contributed by atoms with van der Waals surface area (Å²) in [5.74, 6) is 0.291. The molecule has 0 spiro atoms. The Balaban J connectivity index is 2.13. The van der Waals surface area contributed by atoms with Gasteiger partial charge < -0.3 is 10.1 Å². The smallest absolute Gasteiger partial charge is 0.416 e. The summed E-state index contributed by atoms with van der Waals surface area (Å²) >= 11 is 5.88. The van der Waals surface area contributed by atoms with Gasteiger partial charge in [0.25, 0.3) is 0 Å². The Labute approximate surface area is 140 Å². The molecule has 24 heavy (non-hydrogen) atoms. The van der Waals surface area contributed by atoms with Gasteiger partial charge in [0.15, 0.2) is 11.6 Å². The highest BCUT2D eigenvalue weighted by Crippen LogP contribution is 2.34. The molecular weight excluding hydrogens is 349 g/mol. The molecule has 1 aromatic carbocycles. The number of aromatic nitrogens is 2. The zero-order valence-corrected chi connectivity index (χ0v) is 13.1. The molecule has 0 saturated carbocycles. The van der Waals surface area contributed by atoms with Crippen molar-refractivity contribution >= 4 is 35.0 Å². The van der Waals surface area contributed by atoms with E-state index in [0.717, 1.165) is 18.2 Å². The molecule has 10 heteroatoms. The largest absolute Gasteiger partial charge is 0.450 e. The van der Waals surface area contributed by atoms with E-state index in [-0.39, 0.29) is 29.0 Å². The lowest BCUT2D eigenvalue weighted by atomic mass is 10.2. The summed E-state index contributed by atoms with van der Waals surface area (Å²) in [6.07, 6.45) is -5.17. The minimum Gasteiger partial charge on any atom is -0.450 e. The number of amides is 1. The SMILES string of the molecule is CCOC(=O)Nc1ccc(Nc2cc(C(F)(F)F)ccc2Cl)nn1. The number of benzene rings is 1. The molecule has 0 aliphatic heterocycles. The van der Waals surface area contributed by atoms with E-state index in [1.54, 1.807) is 6.92 Å². The molecular formula is C14H12ClF3N4O2. The highest BCUT2D eigenvalue weighted by molar-refractivity contribution is 6.33. The molecule has 2 rings (SSSR count). The lowest BCUT2D eigenvalue weighted by molar-refractivity contribution is -0.137. The number of nitrogens with zero attached hydrogens (tertiary/aromatic N) is 2. The first-order valence-corrected chi connectivity index (χ1v) is 7.08. The van der Waals surface area contributed by atoms with Crippen LogP contribution in [0.5, 0.6) is 0 Å². The molecule has 128 valence electrons. The van der Waals surface area contributed by atoms with Crippen LogP contribution in [0, 0.1) is 0 Å². The summed E-state index contributed by atoms with van der Waals surface area (Å²) in [6.45, 7) is 1.85. The van der Waals surface area contributed by atoms with E-state index in [2.05, 4.69) is 25.6 Å². The van der Waals surface area contributed by atoms with Crippen LogP contribution in [0.1, 0.15) is 12.5 Å². The Kier molecular flexibility index (Phi) is 5.45. The van der Waals surface area contributed by atoms with Gasteiger partial charge in [-0.1, -0.05) is 11.6 Å². The predicted molar refractivity (Wildman–Crippen MR) is 82.4 cm³/mol. The molecule has 0 saturated heterocycles. The Hall–Kier alpha value is -2.55. The second-order valence-corrected chi connectivity index (χ2v) is 4.87. The van der Waals surface area contributed by atoms with Crippen molar-refractivity contribution in [2.75, 3.05) is 17.2 Å². The maximum Gasteiger partial charge on any atom is 0.416 e. The number of rotatable bonds is 4. The van der Waals surface area contributed by atoms with Crippen molar-refractivity contribution in [3.8, 4) is 0 Å². The third-order valence-corrected chi connectivity index (χ3v) is 3.06. The molecule has 0 aliphatic rings. The lowest BCUT2D eigenvalue weighted by Gasteiger charge is -2.12. The Bertz CT molecular complexity index is 723. The summed E-state index contributed by atoms with van der Waals surface area (Å²) in [6, 6.07) is 5.72. The number of ether oxygens (including phenoxy) is 1. The van der Waals surface area contributed by atoms with E-state index in [0.29, 0.717) is 0 Å². The summed E-state index contributed by atoms with van der Waals surface area (Å²) in [7, 11) is 0. The second kappa shape index (κ2) is 7.35. The van der Waals surface area contributed by atoms with Crippen molar-refractivity contribution < 1.29 is 22.7 Å². The fourth-order valence-corrected chi connectivity index (χ4v) is 1.84. The summed E-state index contributed by atoms with van der Waals surface area (Å²) < 4.78 is 42.8. The predicted octanol–water partition coefficient (Wildman–Crippen LogP) is 4.46. The minimum atomic E-state index is -4.49. The molecule has 1 amide bonds. The van der Waals surface area contributed by atoms with E-state index in [1.165, 1.54) is 12.1 Å². The molecule has 0 aliphatic carbocycles. The minimum absolute atomic E-state index is 0.0342. The zero-order chi connectivity index (χ0) is 17.7. The first-order valence-electron chi connectivity index (χ1n) is 6.71. The van der Waals surface area contributed by atoms with E-state index < -0.39 is 17.8 Å². The van der Waals surface area contributed by atoms with Gasteiger partial charge in [-0.05, 0) is 37.3 Å². The van der Waals surface area contributed by atoms with E-state index >= 15 is 0 Å². The molecule has 2 aromatic rings. The number of nitrogens with one attached hydrogen (secondary N) is 2. The van der Waals surface area contributed by atoms with E-state index in [4.69, 9.17) is 11.6 Å². The van der Waals surface area contributed by atoms with Gasteiger partial charge in [0.2, 0.25) is 0 Å². The fraction of sp³-hybridized carbons (Fsp3) is 0.214. The van der Waals surface area contributed by atoms with Crippen LogP contribution in [0.25, 0.3) is 0 Å². The van der Waals surface area contributed by atoms with Gasteiger partial charge >= 0.3 is 12.3 Å². The van der Waals surface area contributed by atoms with Crippen LogP contribution in [0.15, 0.2) is 30.3 Å². The highest BCUT2D eigenvalue weighted by Gasteiger charge is 2.31. The number of hydrogen-bond donors (Lipinski definition) is 2. The monoisotopic (exact) mass is 360 g/mol. The summed E-state index contributed by atoms with van der Waals surface area (Å²) in [5.41, 5.74) is -0.810. The number of carbonyl (C=O) groups is 1. The summed E-state index contributed by atoms with van der Waals surface area (Å²) in [4.78, 5) is 11.2. The molecule has 1 aromatic heterocycles. The van der Waals surface area contributed by atoms with E-state index in [1.807, 2.05) is 0 Å². The van der Waals surface area contributed by atoms with Crippen LogP contribution in [-0.4, -0.2) is 22.9 Å². The average Bonchev–Trinajstić information content (AvgIpc) is 2.50. The first kappa shape index (κ1) is 17.8. The lowest BCUT2D eigenvalue weighted by Crippen LogP contribution is -2.14. The molecule has 0 unspecified atom stereocenters. The van der Waals surface area contributed by atoms with Crippen molar-refractivity contribution in [1.82, 2.24) is 10.2 Å². The molecule has 2 N–H and O–H groups in total. The normalized spacial score (nSPS) is 11.0. The van der Waals surface area contributed by atoms with Crippen molar-refractivity contribution in [2.24, 2.45) is 0 Å². The number of alkyl halides is 3. The van der Waals surface area contributed by atoms with Crippen LogP contribution in [0.2, 0.25) is 5.02 Å². The third kappa shape index (κ3) is 4.72. The molecule has 6 nitrogen and oxygen atoms in total. The van der Waals surface area contributed by atoms with Crippen molar-refractivity contribution in [2.45, 2.75) is 13.1 Å². The molecule has 0 fully saturated rings. The number of hydrogen-bond acceptors (Lipinski definition) is 5. The Morgan fingerprint density at radius 3 is 2.46 bits per heavy atom. The molecule has 0 radical (unpaired) electrons. The van der Waals surface area contributed by atoms with Crippen LogP contribution >= 0.6 is 11.6 Å². The molecule has 1 heterocycles. The number of anilines is 3. The van der Waals surface area contributed by atoms with Crippen molar-refractivity contribution in [3.63, 3.8) is 0 Å². The van der Waals surface area contributed by atoms with Crippen LogP contribution in [0.3, 0.4) is 0 Å². The quantitative estimate of drug-likeness (QED) is 0.841. The van der Waals surface area contributed by atoms with Gasteiger partial charge in [-0.2, -0.15) is 13.2 Å². The highest BCUT2D eigenvalue weighted by atomic mass is 35.5. The molecule has 0 atom stereocenters. The van der Waals surface area contributed by atoms with Crippen LogP contribution < -0.4 is 10.6 Å². The van der Waals surface area contributed by atoms with Crippen molar-refractivity contribution in [1.29, 1.82) is 0 Å². The van der Waals surface area contributed by atoms with Gasteiger partial charge in [-0.3, -0.25) is 5.32 Å². The van der Waals surface area contributed by atoms with E-state index in [9.17, 15) is 18.0 Å². The van der Waals surface area contributed by atoms with Gasteiger partial charge in [-0.25, -0.2) is 4.79 Å². The average molecular weight is 361 g/mol. The first-order chi connectivity index (χ1) is 11.3. The standard InChI is InChI=1S/C14H12ClF3N4O2/c1-2-24-13(23)20-12-6-5-11(21-22-12)19-10-7-8(14(16,17)18)3-4-9(10)15/h3-7H,2H2,1H3,(H,19,21)(H,20,22,23). The number of carbonyl (C=O) groups excluding carboxylic acids is 1. The maximum absolute atomic E-state index is 12.7. The maximum atomic E-state index is 12.7. The third-order valence-electron chi connectivity index (χ3n) is 2.73. The zero-order valence-electron chi connectivity index (χ0n) is 12.3. The second-order valence-electron chi connectivity index (χ2n) is 4.47. The van der Waals surface area contributed by atoms with Gasteiger partial charge in [0.1, 0.15) is 0 Å². The Morgan fingerprint density at radius 2 is 1.88 bits per heavy atom. The summed E-state index contributed by atoms with van der Waals surface area (Å²) in [5, 5.41) is 12.5.